The molecule has 4 fully saturated rings. The van der Waals surface area contributed by atoms with Gasteiger partial charge in [-0.2, -0.15) is 0 Å². The summed E-state index contributed by atoms with van der Waals surface area (Å²) < 4.78 is 0. The number of hydrogen-bond donors (Lipinski definition) is 3. The van der Waals surface area contributed by atoms with Crippen LogP contribution in [0.25, 0.3) is 0 Å². The molecule has 178 valence electrons. The maximum Gasteiger partial charge on any atom is 0.303 e. The molecule has 0 spiro atoms. The normalized spacial score (nSPS) is 52.7. The van der Waals surface area contributed by atoms with Crippen LogP contribution in [0.1, 0.15) is 98.8 Å². The van der Waals surface area contributed by atoms with Crippen molar-refractivity contribution in [3.8, 4) is 0 Å². The molecule has 4 aliphatic carbocycles. The van der Waals surface area contributed by atoms with Crippen LogP contribution in [0.3, 0.4) is 0 Å². The Hall–Kier alpha value is -0.610. The van der Waals surface area contributed by atoms with Crippen molar-refractivity contribution in [2.45, 2.75) is 111 Å². The van der Waals surface area contributed by atoms with Crippen LogP contribution in [-0.4, -0.2) is 33.0 Å². The van der Waals surface area contributed by atoms with E-state index in [1.54, 1.807) is 0 Å². The highest BCUT2D eigenvalue weighted by Crippen LogP contribution is 2.70. The number of carboxylic acids is 1. The van der Waals surface area contributed by atoms with Gasteiger partial charge in [0.1, 0.15) is 0 Å². The van der Waals surface area contributed by atoms with E-state index in [-0.39, 0.29) is 29.3 Å². The van der Waals surface area contributed by atoms with Crippen molar-refractivity contribution in [2.24, 2.45) is 52.3 Å². The average molecular weight is 435 g/mol. The molecule has 0 bridgehead atoms. The highest BCUT2D eigenvalue weighted by molar-refractivity contribution is 5.66. The number of carboxylic acid groups (broad SMARTS) is 1. The fraction of sp³-hybridized carbons (Fsp3) is 0.963. The number of aliphatic hydroxyl groups is 2. The Morgan fingerprint density at radius 3 is 2.32 bits per heavy atom. The summed E-state index contributed by atoms with van der Waals surface area (Å²) in [5.41, 5.74) is -0.145. The zero-order valence-corrected chi connectivity index (χ0v) is 20.4. The van der Waals surface area contributed by atoms with E-state index in [1.807, 2.05) is 6.92 Å². The first-order valence-electron chi connectivity index (χ1n) is 13.1. The molecular formula is C27H46O4. The van der Waals surface area contributed by atoms with Gasteiger partial charge in [-0.15, -0.1) is 0 Å². The van der Waals surface area contributed by atoms with Crippen molar-refractivity contribution in [1.82, 2.24) is 0 Å². The lowest BCUT2D eigenvalue weighted by Gasteiger charge is -2.65. The average Bonchev–Trinajstić information content (AvgIpc) is 3.05. The van der Waals surface area contributed by atoms with Crippen molar-refractivity contribution in [3.63, 3.8) is 0 Å². The van der Waals surface area contributed by atoms with Crippen LogP contribution in [0, 0.1) is 52.3 Å². The molecule has 4 heteroatoms. The molecule has 0 aromatic heterocycles. The largest absolute Gasteiger partial charge is 0.481 e. The lowest BCUT2D eigenvalue weighted by atomic mass is 9.40. The quantitative estimate of drug-likeness (QED) is 0.533. The van der Waals surface area contributed by atoms with Crippen LogP contribution in [0.2, 0.25) is 0 Å². The molecule has 0 aliphatic heterocycles. The second-order valence-corrected chi connectivity index (χ2v) is 12.8. The SMILES string of the molecule is CC[C@H]1[C@@H](O)[C@@H]2[C@H](CC[C@]3(C)[C@@H]([C@H](C)CCC(=O)O)CC[C@@H]23)[C@@]2(C)CC[C@@](C)(O)C[C@@H]12. The van der Waals surface area contributed by atoms with Crippen molar-refractivity contribution < 1.29 is 20.1 Å². The minimum Gasteiger partial charge on any atom is -0.481 e. The second-order valence-electron chi connectivity index (χ2n) is 12.8. The molecule has 0 saturated heterocycles. The fourth-order valence-corrected chi connectivity index (χ4v) is 9.65. The molecule has 0 amide bonds. The molecule has 4 aliphatic rings. The third-order valence-corrected chi connectivity index (χ3v) is 11.3. The third kappa shape index (κ3) is 3.68. The van der Waals surface area contributed by atoms with Gasteiger partial charge in [0.2, 0.25) is 0 Å². The van der Waals surface area contributed by atoms with Crippen LogP contribution in [-0.2, 0) is 4.79 Å². The van der Waals surface area contributed by atoms with E-state index in [0.717, 1.165) is 32.1 Å². The molecule has 4 rings (SSSR count). The van der Waals surface area contributed by atoms with Gasteiger partial charge in [-0.05, 0) is 111 Å². The molecule has 4 saturated carbocycles. The smallest absolute Gasteiger partial charge is 0.303 e. The number of fused-ring (bicyclic) bond motifs is 5. The predicted molar refractivity (Wildman–Crippen MR) is 122 cm³/mol. The minimum atomic E-state index is -0.684. The van der Waals surface area contributed by atoms with E-state index >= 15 is 0 Å². The molecule has 31 heavy (non-hydrogen) atoms. The van der Waals surface area contributed by atoms with E-state index in [1.165, 1.54) is 25.7 Å². The Bertz CT molecular complexity index is 689. The molecular weight excluding hydrogens is 388 g/mol. The van der Waals surface area contributed by atoms with Crippen molar-refractivity contribution in [2.75, 3.05) is 0 Å². The van der Waals surface area contributed by atoms with Gasteiger partial charge in [-0.1, -0.05) is 34.1 Å². The standard InChI is InChI=1S/C27H46O4/c1-6-17-21-15-25(3,31)13-14-27(21,5)20-11-12-26(4)18(16(2)7-10-22(28)29)8-9-19(26)23(20)24(17)30/h16-21,23-24,30-31H,6-15H2,1-5H3,(H,28,29)/t16-,17-,18-,19+,20+,21+,23+,24-,25-,26-,27-/m1/s1. The van der Waals surface area contributed by atoms with Crippen LogP contribution in [0.5, 0.6) is 0 Å². The Kier molecular flexibility index (Phi) is 6.08. The number of hydrogen-bond acceptors (Lipinski definition) is 3. The summed E-state index contributed by atoms with van der Waals surface area (Å²) in [5, 5.41) is 31.8. The Labute approximate surface area is 189 Å². The monoisotopic (exact) mass is 434 g/mol. The van der Waals surface area contributed by atoms with E-state index in [0.29, 0.717) is 35.5 Å². The van der Waals surface area contributed by atoms with Gasteiger partial charge in [0.05, 0.1) is 11.7 Å². The second kappa shape index (κ2) is 8.01. The maximum absolute atomic E-state index is 11.8. The molecule has 0 heterocycles. The van der Waals surface area contributed by atoms with Crippen LogP contribution in [0.15, 0.2) is 0 Å². The molecule has 11 atom stereocenters. The lowest BCUT2D eigenvalue weighted by molar-refractivity contribution is -0.213. The van der Waals surface area contributed by atoms with Crippen molar-refractivity contribution >= 4 is 5.97 Å². The first-order valence-corrected chi connectivity index (χ1v) is 13.1. The van der Waals surface area contributed by atoms with E-state index in [2.05, 4.69) is 27.7 Å². The van der Waals surface area contributed by atoms with Gasteiger partial charge in [-0.3, -0.25) is 4.79 Å². The zero-order valence-electron chi connectivity index (χ0n) is 20.4. The number of rotatable bonds is 5. The summed E-state index contributed by atoms with van der Waals surface area (Å²) in [6.07, 6.45) is 9.32. The first kappa shape index (κ1) is 23.5. The molecule has 0 radical (unpaired) electrons. The summed E-state index contributed by atoms with van der Waals surface area (Å²) in [7, 11) is 0. The Balaban J connectivity index is 1.62. The molecule has 3 N–H and O–H groups in total. The topological polar surface area (TPSA) is 77.8 Å². The Morgan fingerprint density at radius 1 is 1.00 bits per heavy atom. The zero-order chi connectivity index (χ0) is 22.8. The Morgan fingerprint density at radius 2 is 1.68 bits per heavy atom. The highest BCUT2D eigenvalue weighted by Gasteiger charge is 2.65. The predicted octanol–water partition coefficient (Wildman–Crippen LogP) is 5.50. The van der Waals surface area contributed by atoms with Crippen molar-refractivity contribution in [3.05, 3.63) is 0 Å². The van der Waals surface area contributed by atoms with E-state index in [4.69, 9.17) is 0 Å². The van der Waals surface area contributed by atoms with Gasteiger partial charge in [0.25, 0.3) is 0 Å². The summed E-state index contributed by atoms with van der Waals surface area (Å²) in [4.78, 5) is 11.1. The number of aliphatic hydroxyl groups excluding tert-OH is 1. The fourth-order valence-electron chi connectivity index (χ4n) is 9.65. The van der Waals surface area contributed by atoms with Gasteiger partial charge >= 0.3 is 5.97 Å². The van der Waals surface area contributed by atoms with Gasteiger partial charge in [0.15, 0.2) is 0 Å². The maximum atomic E-state index is 11.8. The summed E-state index contributed by atoms with van der Waals surface area (Å²) >= 11 is 0. The molecule has 0 unspecified atom stereocenters. The van der Waals surface area contributed by atoms with E-state index in [9.17, 15) is 20.1 Å². The van der Waals surface area contributed by atoms with Gasteiger partial charge in [0, 0.05) is 6.42 Å². The van der Waals surface area contributed by atoms with Gasteiger partial charge < -0.3 is 15.3 Å². The molecule has 0 aromatic rings. The van der Waals surface area contributed by atoms with Crippen LogP contribution >= 0.6 is 0 Å². The highest BCUT2D eigenvalue weighted by atomic mass is 16.4. The van der Waals surface area contributed by atoms with Crippen molar-refractivity contribution in [1.29, 1.82) is 0 Å². The third-order valence-electron chi connectivity index (χ3n) is 11.3. The first-order chi connectivity index (χ1) is 14.4. The summed E-state index contributed by atoms with van der Waals surface area (Å²) in [5.74, 6) is 2.48. The van der Waals surface area contributed by atoms with Crippen LogP contribution < -0.4 is 0 Å². The number of aliphatic carboxylic acids is 1. The lowest BCUT2D eigenvalue weighted by Crippen LogP contribution is -2.63. The van der Waals surface area contributed by atoms with E-state index < -0.39 is 11.6 Å². The van der Waals surface area contributed by atoms with Crippen LogP contribution in [0.4, 0.5) is 0 Å². The number of carbonyl (C=O) groups is 1. The minimum absolute atomic E-state index is 0.223. The van der Waals surface area contributed by atoms with Gasteiger partial charge in [-0.25, -0.2) is 0 Å². The summed E-state index contributed by atoms with van der Waals surface area (Å²) in [6, 6.07) is 0. The molecule has 0 aromatic carbocycles. The molecule has 4 nitrogen and oxygen atoms in total. The summed E-state index contributed by atoms with van der Waals surface area (Å²) in [6.45, 7) is 11.4.